The molecule has 0 unspecified atom stereocenters. The quantitative estimate of drug-likeness (QED) is 0.523. The van der Waals surface area contributed by atoms with Gasteiger partial charge < -0.3 is 14.7 Å². The third-order valence-electron chi connectivity index (χ3n) is 5.74. The number of rotatable bonds is 5. The van der Waals surface area contributed by atoms with Crippen LogP contribution in [-0.4, -0.2) is 35.8 Å². The van der Waals surface area contributed by atoms with Crippen LogP contribution in [0.3, 0.4) is 0 Å². The second-order valence-corrected chi connectivity index (χ2v) is 8.71. The molecular formula is C23H26BrN4O3+. The molecule has 1 aliphatic rings. The Balaban J connectivity index is 1.70. The summed E-state index contributed by atoms with van der Waals surface area (Å²) in [6, 6.07) is 12.7. The summed E-state index contributed by atoms with van der Waals surface area (Å²) in [5, 5.41) is 19.9. The molecule has 8 heteroatoms. The number of hydrogen-bond donors (Lipinski definition) is 2. The molecule has 0 bridgehead atoms. The Labute approximate surface area is 189 Å². The number of likely N-dealkylation sites (tertiary alicyclic amines) is 1. The lowest BCUT2D eigenvalue weighted by Crippen LogP contribution is -3.11. The molecule has 7 nitrogen and oxygen atoms in total. The van der Waals surface area contributed by atoms with Crippen LogP contribution in [0.15, 0.2) is 57.2 Å². The number of aromatic hydroxyl groups is 1. The van der Waals surface area contributed by atoms with Gasteiger partial charge in [-0.1, -0.05) is 28.1 Å². The fraction of sp³-hybridized carbons (Fsp3) is 0.348. The van der Waals surface area contributed by atoms with Gasteiger partial charge >= 0.3 is 0 Å². The summed E-state index contributed by atoms with van der Waals surface area (Å²) in [5.74, 6) is -0.0575. The molecule has 1 saturated heterocycles. The number of halogens is 1. The highest BCUT2D eigenvalue weighted by Crippen LogP contribution is 2.40. The third-order valence-corrected chi connectivity index (χ3v) is 6.24. The van der Waals surface area contributed by atoms with Gasteiger partial charge in [-0.3, -0.25) is 9.36 Å². The van der Waals surface area contributed by atoms with Crippen LogP contribution >= 0.6 is 15.9 Å². The van der Waals surface area contributed by atoms with Gasteiger partial charge in [0, 0.05) is 9.86 Å². The Morgan fingerprint density at radius 1 is 1.16 bits per heavy atom. The fourth-order valence-electron chi connectivity index (χ4n) is 4.14. The van der Waals surface area contributed by atoms with E-state index in [-0.39, 0.29) is 5.88 Å². The van der Waals surface area contributed by atoms with Crippen LogP contribution in [0.4, 0.5) is 5.69 Å². The van der Waals surface area contributed by atoms with Gasteiger partial charge in [0.15, 0.2) is 12.4 Å². The molecule has 162 valence electrons. The van der Waals surface area contributed by atoms with Crippen LogP contribution in [0.25, 0.3) is 10.9 Å². The first-order valence-electron chi connectivity index (χ1n) is 10.5. The molecule has 0 spiro atoms. The lowest BCUT2D eigenvalue weighted by Gasteiger charge is -2.18. The van der Waals surface area contributed by atoms with Crippen LogP contribution in [0.5, 0.6) is 11.6 Å². The average molecular weight is 486 g/mol. The van der Waals surface area contributed by atoms with Gasteiger partial charge in [0.1, 0.15) is 5.75 Å². The average Bonchev–Trinajstić information content (AvgIpc) is 2.94. The van der Waals surface area contributed by atoms with Crippen molar-refractivity contribution in [2.75, 3.05) is 20.2 Å². The first kappa shape index (κ1) is 21.5. The van der Waals surface area contributed by atoms with E-state index in [1.165, 1.54) is 37.7 Å². The summed E-state index contributed by atoms with van der Waals surface area (Å²) in [7, 11) is 1.51. The van der Waals surface area contributed by atoms with E-state index in [1.54, 1.807) is 24.3 Å². The minimum absolute atomic E-state index is 0.0291. The van der Waals surface area contributed by atoms with Gasteiger partial charge in [-0.15, -0.1) is 10.2 Å². The summed E-state index contributed by atoms with van der Waals surface area (Å²) < 4.78 is 7.99. The molecule has 31 heavy (non-hydrogen) atoms. The van der Waals surface area contributed by atoms with Crippen molar-refractivity contribution >= 4 is 38.4 Å². The van der Waals surface area contributed by atoms with Crippen LogP contribution in [-0.2, 0) is 6.67 Å². The molecule has 0 saturated carbocycles. The lowest BCUT2D eigenvalue weighted by molar-refractivity contribution is -0.921. The predicted molar refractivity (Wildman–Crippen MR) is 122 cm³/mol. The first-order valence-corrected chi connectivity index (χ1v) is 11.3. The normalized spacial score (nSPS) is 15.4. The van der Waals surface area contributed by atoms with Crippen molar-refractivity contribution < 1.29 is 19.5 Å². The van der Waals surface area contributed by atoms with Crippen LogP contribution in [0, 0.1) is 0 Å². The smallest absolute Gasteiger partial charge is 0.299 e. The Morgan fingerprint density at radius 3 is 2.65 bits per heavy atom. The number of methoxy groups -OCH3 is 1. The van der Waals surface area contributed by atoms with Gasteiger partial charge in [0.05, 0.1) is 31.3 Å². The molecule has 4 rings (SSSR count). The minimum atomic E-state index is -0.522. The number of nitrogens with one attached hydrogen (secondary N) is 1. The summed E-state index contributed by atoms with van der Waals surface area (Å²) in [5.41, 5.74) is 1.50. The number of carbonyl (C=O) groups excluding carboxylic acids is 1. The number of amides is 1. The second-order valence-electron chi connectivity index (χ2n) is 7.79. The summed E-state index contributed by atoms with van der Waals surface area (Å²) >= 11 is 3.49. The SMILES string of the molecule is COc1ccccc1C(=O)N=Nc1c(O)n(C[NH+]2CCCCCC2)c2ccc(Br)cc12. The van der Waals surface area contributed by atoms with Gasteiger partial charge in [-0.25, -0.2) is 0 Å². The number of hydrogen-bond acceptors (Lipinski definition) is 4. The van der Waals surface area contributed by atoms with Crippen LogP contribution in [0.2, 0.25) is 0 Å². The summed E-state index contributed by atoms with van der Waals surface area (Å²) in [6.07, 6.45) is 4.92. The first-order chi connectivity index (χ1) is 15.1. The van der Waals surface area contributed by atoms with E-state index in [0.717, 1.165) is 28.5 Å². The fourth-order valence-corrected chi connectivity index (χ4v) is 4.50. The Bertz CT molecular complexity index is 1120. The standard InChI is InChI=1S/C23H25BrN4O3/c1-31-20-9-5-4-8-17(20)22(29)26-25-21-18-14-16(24)10-11-19(18)28(23(21)30)15-27-12-6-2-3-7-13-27/h4-5,8-11,14,30H,2-3,6-7,12-13,15H2,1H3/p+1. The second kappa shape index (κ2) is 9.62. The number of benzene rings is 2. The van der Waals surface area contributed by atoms with Crippen LogP contribution < -0.4 is 9.64 Å². The maximum Gasteiger partial charge on any atom is 0.299 e. The van der Waals surface area contributed by atoms with E-state index in [9.17, 15) is 9.90 Å². The van der Waals surface area contributed by atoms with E-state index in [0.29, 0.717) is 23.7 Å². The van der Waals surface area contributed by atoms with Crippen molar-refractivity contribution in [2.45, 2.75) is 32.4 Å². The van der Waals surface area contributed by atoms with Gasteiger partial charge in [-0.2, -0.15) is 0 Å². The number of nitrogens with zero attached hydrogens (tertiary/aromatic N) is 3. The molecule has 2 aromatic carbocycles. The van der Waals surface area contributed by atoms with Crippen LogP contribution in [0.1, 0.15) is 36.0 Å². The predicted octanol–water partition coefficient (Wildman–Crippen LogP) is 4.46. The molecular weight excluding hydrogens is 460 g/mol. The highest BCUT2D eigenvalue weighted by Gasteiger charge is 2.22. The zero-order chi connectivity index (χ0) is 21.8. The number of quaternary nitrogens is 1. The zero-order valence-corrected chi connectivity index (χ0v) is 19.1. The molecule has 1 aromatic heterocycles. The summed E-state index contributed by atoms with van der Waals surface area (Å²) in [4.78, 5) is 14.1. The molecule has 3 aromatic rings. The molecule has 1 fully saturated rings. The van der Waals surface area contributed by atoms with E-state index in [4.69, 9.17) is 4.74 Å². The molecule has 1 aliphatic heterocycles. The monoisotopic (exact) mass is 485 g/mol. The Hall–Kier alpha value is -2.71. The van der Waals surface area contributed by atoms with Gasteiger partial charge in [0.25, 0.3) is 5.91 Å². The lowest BCUT2D eigenvalue weighted by atomic mass is 10.2. The molecule has 0 atom stereocenters. The largest absolute Gasteiger partial charge is 0.496 e. The Morgan fingerprint density at radius 2 is 1.90 bits per heavy atom. The minimum Gasteiger partial charge on any atom is -0.496 e. The highest BCUT2D eigenvalue weighted by molar-refractivity contribution is 9.10. The van der Waals surface area contributed by atoms with E-state index in [1.807, 2.05) is 22.8 Å². The third kappa shape index (κ3) is 4.65. The molecule has 0 radical (unpaired) electrons. The molecule has 0 aliphatic carbocycles. The topological polar surface area (TPSA) is 80.6 Å². The maximum atomic E-state index is 12.6. The Kier molecular flexibility index (Phi) is 6.67. The maximum absolute atomic E-state index is 12.6. The van der Waals surface area contributed by atoms with Gasteiger partial charge in [0.2, 0.25) is 5.88 Å². The number of carbonyl (C=O) groups is 1. The van der Waals surface area contributed by atoms with Crippen molar-refractivity contribution in [3.8, 4) is 11.6 Å². The van der Waals surface area contributed by atoms with Gasteiger partial charge in [-0.05, 0) is 56.0 Å². The van der Waals surface area contributed by atoms with Crippen molar-refractivity contribution in [3.05, 3.63) is 52.5 Å². The summed E-state index contributed by atoms with van der Waals surface area (Å²) in [6.45, 7) is 2.82. The molecule has 1 amide bonds. The van der Waals surface area contributed by atoms with Crippen molar-refractivity contribution in [1.82, 2.24) is 4.57 Å². The number of azo groups is 1. The number of fused-ring (bicyclic) bond motifs is 1. The van der Waals surface area contributed by atoms with E-state index >= 15 is 0 Å². The molecule has 2 N–H and O–H groups in total. The van der Waals surface area contributed by atoms with Crippen molar-refractivity contribution in [3.63, 3.8) is 0 Å². The molecule has 2 heterocycles. The van der Waals surface area contributed by atoms with E-state index < -0.39 is 5.91 Å². The number of aromatic nitrogens is 1. The number of para-hydroxylation sites is 1. The van der Waals surface area contributed by atoms with E-state index in [2.05, 4.69) is 26.2 Å². The number of ether oxygens (including phenoxy) is 1. The zero-order valence-electron chi connectivity index (χ0n) is 17.5. The highest BCUT2D eigenvalue weighted by atomic mass is 79.9. The van der Waals surface area contributed by atoms with Crippen molar-refractivity contribution in [1.29, 1.82) is 0 Å². The van der Waals surface area contributed by atoms with Crippen molar-refractivity contribution in [2.24, 2.45) is 10.2 Å².